The number of benzene rings is 2. The average Bonchev–Trinajstić information content (AvgIpc) is 3.27. The Morgan fingerprint density at radius 1 is 1.07 bits per heavy atom. The quantitative estimate of drug-likeness (QED) is 0.420. The van der Waals surface area contributed by atoms with Crippen LogP contribution in [0.4, 0.5) is 5.69 Å². The van der Waals surface area contributed by atoms with Gasteiger partial charge < -0.3 is 9.47 Å². The molecule has 0 amide bonds. The Hall–Kier alpha value is -3.05. The Balaban J connectivity index is 1.63. The van der Waals surface area contributed by atoms with Gasteiger partial charge in [0.2, 0.25) is 0 Å². The van der Waals surface area contributed by atoms with Gasteiger partial charge >= 0.3 is 0 Å². The number of hydrogen-bond donors (Lipinski definition) is 0. The predicted octanol–water partition coefficient (Wildman–Crippen LogP) is 4.44. The molecule has 2 aromatic carbocycles. The Labute approximate surface area is 178 Å². The van der Waals surface area contributed by atoms with Gasteiger partial charge in [0.25, 0.3) is 0 Å². The minimum absolute atomic E-state index is 0.445. The fourth-order valence-corrected chi connectivity index (χ4v) is 3.14. The molecule has 8 heteroatoms. The van der Waals surface area contributed by atoms with Gasteiger partial charge in [0.15, 0.2) is 0 Å². The van der Waals surface area contributed by atoms with Crippen molar-refractivity contribution in [2.75, 3.05) is 24.8 Å². The molecule has 0 radical (unpaired) electrons. The minimum Gasteiger partial charge on any atom is -0.492 e. The summed E-state index contributed by atoms with van der Waals surface area (Å²) in [4.78, 5) is 0. The first-order chi connectivity index (χ1) is 14.2. The first-order valence-corrected chi connectivity index (χ1v) is 10.2. The molecule has 0 aliphatic heterocycles. The van der Waals surface area contributed by atoms with E-state index in [1.807, 2.05) is 35.3 Å². The van der Waals surface area contributed by atoms with Crippen LogP contribution in [0.25, 0.3) is 0 Å². The molecule has 0 unspecified atom stereocenters. The molecule has 3 rings (SSSR count). The van der Waals surface area contributed by atoms with Crippen molar-refractivity contribution in [3.63, 3.8) is 0 Å². The second-order valence-corrected chi connectivity index (χ2v) is 7.12. The van der Waals surface area contributed by atoms with Crippen molar-refractivity contribution in [2.24, 2.45) is 0 Å². The van der Waals surface area contributed by atoms with Gasteiger partial charge in [-0.15, -0.1) is 10.2 Å². The van der Waals surface area contributed by atoms with Crippen molar-refractivity contribution in [1.29, 1.82) is 5.26 Å². The van der Waals surface area contributed by atoms with Crippen LogP contribution in [-0.2, 0) is 0 Å². The molecule has 1 heterocycles. The molecule has 0 spiro atoms. The molecule has 0 atom stereocenters. The van der Waals surface area contributed by atoms with Gasteiger partial charge in [-0.25, -0.2) is 4.68 Å². The number of halogens is 1. The zero-order chi connectivity index (χ0) is 20.5. The third kappa shape index (κ3) is 5.72. The summed E-state index contributed by atoms with van der Waals surface area (Å²) in [7, 11) is 0. The van der Waals surface area contributed by atoms with Crippen molar-refractivity contribution in [3.8, 4) is 17.6 Å². The van der Waals surface area contributed by atoms with Gasteiger partial charge in [-0.1, -0.05) is 13.3 Å². The van der Waals surface area contributed by atoms with E-state index in [-0.39, 0.29) is 0 Å². The first-order valence-electron chi connectivity index (χ1n) is 9.39. The number of nitriles is 1. The molecule has 7 nitrogen and oxygen atoms in total. The molecule has 0 bridgehead atoms. The van der Waals surface area contributed by atoms with Crippen LogP contribution in [-0.4, -0.2) is 34.6 Å². The van der Waals surface area contributed by atoms with E-state index < -0.39 is 0 Å². The molecule has 0 aliphatic carbocycles. The van der Waals surface area contributed by atoms with Crippen molar-refractivity contribution < 1.29 is 9.47 Å². The molecule has 29 heavy (non-hydrogen) atoms. The smallest absolute Gasteiger partial charge is 0.139 e. The molecule has 0 saturated heterocycles. The number of aromatic nitrogens is 3. The van der Waals surface area contributed by atoms with Crippen LogP contribution in [0.3, 0.4) is 0 Å². The molecule has 150 valence electrons. The van der Waals surface area contributed by atoms with E-state index in [9.17, 15) is 0 Å². The fourth-order valence-electron chi connectivity index (χ4n) is 2.67. The number of unbranched alkanes of at least 4 members (excludes halogenated alkanes) is 1. The predicted molar refractivity (Wildman–Crippen MR) is 114 cm³/mol. The fraction of sp³-hybridized carbons (Fsp3) is 0.286. The van der Waals surface area contributed by atoms with Crippen LogP contribution >= 0.6 is 15.9 Å². The lowest BCUT2D eigenvalue weighted by atomic mass is 10.2. The van der Waals surface area contributed by atoms with Gasteiger partial charge in [-0.3, -0.25) is 5.01 Å². The van der Waals surface area contributed by atoms with E-state index in [1.54, 1.807) is 29.5 Å². The van der Waals surface area contributed by atoms with Gasteiger partial charge in [-0.2, -0.15) is 5.26 Å². The van der Waals surface area contributed by atoms with E-state index in [0.717, 1.165) is 34.5 Å². The molecule has 0 aliphatic rings. The molecule has 3 aromatic rings. The average molecular weight is 456 g/mol. The zero-order valence-corrected chi connectivity index (χ0v) is 17.7. The zero-order valence-electron chi connectivity index (χ0n) is 16.2. The minimum atomic E-state index is 0.445. The standard InChI is InChI=1S/C21H22BrN5O2/c1-2-3-11-29-21-9-8-19(13-20(21)22)28-12-10-27(26-15-24-25-16-26)18-6-4-17(14-23)5-7-18/h4-9,13,15-16H,2-3,10-12H2,1H3. The van der Waals surface area contributed by atoms with Crippen LogP contribution in [0.1, 0.15) is 25.3 Å². The largest absolute Gasteiger partial charge is 0.492 e. The monoisotopic (exact) mass is 455 g/mol. The second kappa shape index (κ2) is 10.5. The first kappa shape index (κ1) is 20.7. The van der Waals surface area contributed by atoms with E-state index >= 15 is 0 Å². The van der Waals surface area contributed by atoms with Gasteiger partial charge in [0.05, 0.1) is 34.9 Å². The lowest BCUT2D eigenvalue weighted by Crippen LogP contribution is -2.32. The summed E-state index contributed by atoms with van der Waals surface area (Å²) in [6, 6.07) is 15.2. The third-order valence-corrected chi connectivity index (χ3v) is 4.83. The van der Waals surface area contributed by atoms with Crippen molar-refractivity contribution in [3.05, 3.63) is 65.2 Å². The summed E-state index contributed by atoms with van der Waals surface area (Å²) in [5.41, 5.74) is 1.52. The van der Waals surface area contributed by atoms with Crippen LogP contribution in [0, 0.1) is 11.3 Å². The maximum Gasteiger partial charge on any atom is 0.139 e. The highest BCUT2D eigenvalue weighted by molar-refractivity contribution is 9.10. The highest BCUT2D eigenvalue weighted by atomic mass is 79.9. The molecule has 0 N–H and O–H groups in total. The number of ether oxygens (including phenoxy) is 2. The summed E-state index contributed by atoms with van der Waals surface area (Å²) in [6.45, 7) is 3.85. The molecular formula is C21H22BrN5O2. The summed E-state index contributed by atoms with van der Waals surface area (Å²) in [5.74, 6) is 1.57. The second-order valence-electron chi connectivity index (χ2n) is 6.27. The summed E-state index contributed by atoms with van der Waals surface area (Å²) in [6.07, 6.45) is 5.37. The molecule has 0 fully saturated rings. The maximum absolute atomic E-state index is 9.00. The molecule has 0 saturated carbocycles. The number of rotatable bonds is 10. The highest BCUT2D eigenvalue weighted by Gasteiger charge is 2.10. The van der Waals surface area contributed by atoms with Gasteiger partial charge in [0.1, 0.15) is 30.8 Å². The summed E-state index contributed by atoms with van der Waals surface area (Å²) in [5, 5.41) is 18.7. The lowest BCUT2D eigenvalue weighted by molar-refractivity contribution is 0.302. The van der Waals surface area contributed by atoms with Crippen LogP contribution < -0.4 is 14.5 Å². The van der Waals surface area contributed by atoms with E-state index in [0.29, 0.717) is 25.3 Å². The number of hydrogen-bond acceptors (Lipinski definition) is 6. The Kier molecular flexibility index (Phi) is 7.47. The molecule has 1 aromatic heterocycles. The van der Waals surface area contributed by atoms with Crippen molar-refractivity contribution >= 4 is 21.6 Å². The van der Waals surface area contributed by atoms with Crippen LogP contribution in [0.15, 0.2) is 59.6 Å². The van der Waals surface area contributed by atoms with Gasteiger partial charge in [0, 0.05) is 0 Å². The van der Waals surface area contributed by atoms with E-state index in [1.165, 1.54) is 0 Å². The topological polar surface area (TPSA) is 76.2 Å². The maximum atomic E-state index is 9.00. The lowest BCUT2D eigenvalue weighted by Gasteiger charge is -2.25. The highest BCUT2D eigenvalue weighted by Crippen LogP contribution is 2.29. The third-order valence-electron chi connectivity index (χ3n) is 4.21. The van der Waals surface area contributed by atoms with Crippen LogP contribution in [0.5, 0.6) is 11.5 Å². The van der Waals surface area contributed by atoms with Crippen LogP contribution in [0.2, 0.25) is 0 Å². The Bertz CT molecular complexity index is 939. The SMILES string of the molecule is CCCCOc1ccc(OCCN(c2ccc(C#N)cc2)n2cnnc2)cc1Br. The van der Waals surface area contributed by atoms with Gasteiger partial charge in [-0.05, 0) is 64.8 Å². The number of anilines is 1. The molecular weight excluding hydrogens is 434 g/mol. The van der Waals surface area contributed by atoms with E-state index in [4.69, 9.17) is 14.7 Å². The Morgan fingerprint density at radius 2 is 1.83 bits per heavy atom. The van der Waals surface area contributed by atoms with E-state index in [2.05, 4.69) is 39.1 Å². The Morgan fingerprint density at radius 3 is 2.48 bits per heavy atom. The summed E-state index contributed by atoms with van der Waals surface area (Å²) < 4.78 is 14.3. The van der Waals surface area contributed by atoms with Crippen molar-refractivity contribution in [2.45, 2.75) is 19.8 Å². The number of nitrogens with zero attached hydrogens (tertiary/aromatic N) is 5. The summed E-state index contributed by atoms with van der Waals surface area (Å²) >= 11 is 3.54. The van der Waals surface area contributed by atoms with Crippen molar-refractivity contribution in [1.82, 2.24) is 14.9 Å². The normalized spacial score (nSPS) is 10.4.